The molecule has 0 aromatic carbocycles. The van der Waals surface area contributed by atoms with E-state index in [2.05, 4.69) is 98.9 Å². The fraction of sp³-hybridized carbons (Fsp3) is 0.684. The maximum atomic E-state index is 13.0. The van der Waals surface area contributed by atoms with Gasteiger partial charge in [-0.1, -0.05) is 150 Å². The standard InChI is InChI=1S/C57H92O15/c1-3-5-7-9-11-13-15-17-19-20-21-22-23-24-26-28-30-32-34-36-38-40-49(60)70-45(42-67-48(59)39-37-35-33-31-29-27-25-18-16-14-12-10-8-6-4-2)43-68-56-55(66)53(64)51(62)47(72-56)44-69-57-54(65)52(63)50(61)46(41-58)71-57/h6,8,12,14,18-20,22-23,25-26,28-29,31-32,34,45-47,50-58,61-66H,3-5,7,9-11,13,15-17,21,24,27,30,33,35-44H2,1-2H3/b8-6+,14-12+,20-19+,23-22+,25-18+,28-26+,31-29+,34-32+/t45-,46+,47+,50-,51-,52?,53?,54?,55?,56+,57+/m1/s1. The van der Waals surface area contributed by atoms with Gasteiger partial charge in [0.2, 0.25) is 0 Å². The number of hydrogen-bond donors (Lipinski definition) is 7. The van der Waals surface area contributed by atoms with Gasteiger partial charge in [0.15, 0.2) is 18.7 Å². The van der Waals surface area contributed by atoms with E-state index >= 15 is 0 Å². The van der Waals surface area contributed by atoms with Crippen LogP contribution in [0.3, 0.4) is 0 Å². The van der Waals surface area contributed by atoms with Crippen molar-refractivity contribution in [2.75, 3.05) is 26.4 Å². The van der Waals surface area contributed by atoms with Crippen LogP contribution in [0.4, 0.5) is 0 Å². The van der Waals surface area contributed by atoms with Crippen molar-refractivity contribution in [3.05, 3.63) is 97.2 Å². The van der Waals surface area contributed by atoms with Gasteiger partial charge in [-0.05, 0) is 89.9 Å². The topological polar surface area (TPSA) is 231 Å². The van der Waals surface area contributed by atoms with Gasteiger partial charge in [0, 0.05) is 12.8 Å². The van der Waals surface area contributed by atoms with Gasteiger partial charge in [0.25, 0.3) is 0 Å². The van der Waals surface area contributed by atoms with Crippen LogP contribution in [-0.4, -0.2) is 142 Å². The Morgan fingerprint density at radius 2 is 0.889 bits per heavy atom. The molecule has 0 radical (unpaired) electrons. The Balaban J connectivity index is 1.84. The number of unbranched alkanes of at least 4 members (excludes halogenated alkanes) is 10. The highest BCUT2D eigenvalue weighted by molar-refractivity contribution is 5.70. The van der Waals surface area contributed by atoms with Gasteiger partial charge in [0.1, 0.15) is 55.4 Å². The van der Waals surface area contributed by atoms with Crippen molar-refractivity contribution in [3.63, 3.8) is 0 Å². The van der Waals surface area contributed by atoms with Gasteiger partial charge in [-0.3, -0.25) is 9.59 Å². The first-order chi connectivity index (χ1) is 35.0. The van der Waals surface area contributed by atoms with E-state index in [1.165, 1.54) is 44.9 Å². The summed E-state index contributed by atoms with van der Waals surface area (Å²) in [4.78, 5) is 25.8. The quantitative estimate of drug-likeness (QED) is 0.0174. The Labute approximate surface area is 430 Å². The van der Waals surface area contributed by atoms with Crippen LogP contribution in [0.15, 0.2) is 97.2 Å². The Morgan fingerprint density at radius 1 is 0.458 bits per heavy atom. The Hall–Kier alpha value is -3.58. The fourth-order valence-corrected chi connectivity index (χ4v) is 7.67. The molecule has 15 heteroatoms. The number of ether oxygens (including phenoxy) is 6. The molecule has 0 aliphatic carbocycles. The average Bonchev–Trinajstić information content (AvgIpc) is 3.37. The normalized spacial score (nSPS) is 25.8. The molecule has 0 spiro atoms. The predicted octanol–water partition coefficient (Wildman–Crippen LogP) is 8.15. The number of aliphatic hydroxyl groups is 7. The molecule has 4 unspecified atom stereocenters. The molecule has 15 nitrogen and oxygen atoms in total. The SMILES string of the molecule is CC/C=C/C/C=C/C/C=C/C/C=C/CCCCC(=O)OC[C@H](CO[C@H]1O[C@@H](CO[C@H]2O[C@@H](CO)[C@@H](O)C(O)C2O)[C@@H](O)C(O)C1O)OC(=O)CCC/C=C/C/C=C/C/C=C/C/C=C/CCCCCCCCC. The van der Waals surface area contributed by atoms with Crippen molar-refractivity contribution in [1.82, 2.24) is 0 Å². The van der Waals surface area contributed by atoms with E-state index in [0.717, 1.165) is 64.2 Å². The third-order valence-electron chi connectivity index (χ3n) is 12.0. The molecule has 2 rings (SSSR count). The van der Waals surface area contributed by atoms with Gasteiger partial charge in [0.05, 0.1) is 19.8 Å². The third kappa shape index (κ3) is 30.0. The molecule has 0 saturated carbocycles. The summed E-state index contributed by atoms with van der Waals surface area (Å²) in [5.74, 6) is -1.05. The molecule has 0 amide bonds. The van der Waals surface area contributed by atoms with Crippen LogP contribution in [0.1, 0.15) is 155 Å². The molecule has 72 heavy (non-hydrogen) atoms. The van der Waals surface area contributed by atoms with E-state index in [1.54, 1.807) is 0 Å². The average molecular weight is 1020 g/mol. The second-order valence-corrected chi connectivity index (χ2v) is 18.3. The van der Waals surface area contributed by atoms with E-state index < -0.39 is 99.3 Å². The molecule has 2 aliphatic heterocycles. The van der Waals surface area contributed by atoms with Crippen molar-refractivity contribution in [2.45, 2.75) is 223 Å². The third-order valence-corrected chi connectivity index (χ3v) is 12.0. The first kappa shape index (κ1) is 64.5. The highest BCUT2D eigenvalue weighted by Crippen LogP contribution is 2.26. The zero-order valence-electron chi connectivity index (χ0n) is 43.4. The van der Waals surface area contributed by atoms with Crippen LogP contribution in [0.2, 0.25) is 0 Å². The Kier molecular flexibility index (Phi) is 38.3. The second kappa shape index (κ2) is 42.7. The Morgan fingerprint density at radius 3 is 1.42 bits per heavy atom. The lowest BCUT2D eigenvalue weighted by atomic mass is 9.98. The van der Waals surface area contributed by atoms with Crippen LogP contribution in [0.5, 0.6) is 0 Å². The summed E-state index contributed by atoms with van der Waals surface area (Å²) < 4.78 is 33.5. The van der Waals surface area contributed by atoms with E-state index in [4.69, 9.17) is 28.4 Å². The lowest BCUT2D eigenvalue weighted by Gasteiger charge is -2.42. The molecule has 2 saturated heterocycles. The summed E-state index contributed by atoms with van der Waals surface area (Å²) >= 11 is 0. The minimum Gasteiger partial charge on any atom is -0.462 e. The maximum Gasteiger partial charge on any atom is 0.306 e. The van der Waals surface area contributed by atoms with Crippen molar-refractivity contribution in [1.29, 1.82) is 0 Å². The largest absolute Gasteiger partial charge is 0.462 e. The van der Waals surface area contributed by atoms with Crippen molar-refractivity contribution >= 4 is 11.9 Å². The van der Waals surface area contributed by atoms with Gasteiger partial charge in [-0.15, -0.1) is 0 Å². The van der Waals surface area contributed by atoms with E-state index in [9.17, 15) is 45.3 Å². The van der Waals surface area contributed by atoms with E-state index in [0.29, 0.717) is 19.3 Å². The molecular weight excluding hydrogens is 925 g/mol. The fourth-order valence-electron chi connectivity index (χ4n) is 7.67. The number of esters is 2. The maximum absolute atomic E-state index is 13.0. The lowest BCUT2D eigenvalue weighted by molar-refractivity contribution is -0.332. The monoisotopic (exact) mass is 1020 g/mol. The first-order valence-corrected chi connectivity index (χ1v) is 26.8. The smallest absolute Gasteiger partial charge is 0.306 e. The van der Waals surface area contributed by atoms with Crippen LogP contribution in [-0.2, 0) is 38.0 Å². The summed E-state index contributed by atoms with van der Waals surface area (Å²) in [6, 6.07) is 0. The van der Waals surface area contributed by atoms with Crippen LogP contribution in [0, 0.1) is 0 Å². The van der Waals surface area contributed by atoms with Crippen molar-refractivity contribution in [2.24, 2.45) is 0 Å². The molecular formula is C57H92O15. The highest BCUT2D eigenvalue weighted by atomic mass is 16.7. The molecule has 2 aliphatic rings. The van der Waals surface area contributed by atoms with E-state index in [-0.39, 0.29) is 19.4 Å². The van der Waals surface area contributed by atoms with Gasteiger partial charge < -0.3 is 64.2 Å². The molecule has 2 fully saturated rings. The zero-order valence-corrected chi connectivity index (χ0v) is 43.4. The molecule has 0 aromatic heterocycles. The molecule has 7 N–H and O–H groups in total. The first-order valence-electron chi connectivity index (χ1n) is 26.8. The summed E-state index contributed by atoms with van der Waals surface area (Å²) in [5, 5.41) is 72.1. The van der Waals surface area contributed by atoms with Crippen LogP contribution in [0.25, 0.3) is 0 Å². The number of allylic oxidation sites excluding steroid dienone is 16. The Bertz CT molecular complexity index is 1620. The molecule has 0 bridgehead atoms. The predicted molar refractivity (Wildman–Crippen MR) is 279 cm³/mol. The minimum atomic E-state index is -1.79. The van der Waals surface area contributed by atoms with Gasteiger partial charge in [-0.2, -0.15) is 0 Å². The van der Waals surface area contributed by atoms with Gasteiger partial charge in [-0.25, -0.2) is 0 Å². The highest BCUT2D eigenvalue weighted by Gasteiger charge is 2.47. The summed E-state index contributed by atoms with van der Waals surface area (Å²) in [7, 11) is 0. The van der Waals surface area contributed by atoms with Crippen LogP contribution < -0.4 is 0 Å². The molecule has 410 valence electrons. The molecule has 2 heterocycles. The second-order valence-electron chi connectivity index (χ2n) is 18.3. The summed E-state index contributed by atoms with van der Waals surface area (Å²) in [6.45, 7) is 2.35. The van der Waals surface area contributed by atoms with E-state index in [1.807, 2.05) is 12.2 Å². The lowest BCUT2D eigenvalue weighted by Crippen LogP contribution is -2.61. The summed E-state index contributed by atoms with van der Waals surface area (Å²) in [6.07, 6.45) is 37.3. The van der Waals surface area contributed by atoms with Crippen molar-refractivity contribution in [3.8, 4) is 0 Å². The number of rotatable bonds is 40. The van der Waals surface area contributed by atoms with Crippen molar-refractivity contribution < 1.29 is 73.8 Å². The van der Waals surface area contributed by atoms with Gasteiger partial charge >= 0.3 is 11.9 Å². The number of hydrogen-bond acceptors (Lipinski definition) is 15. The molecule has 11 atom stereocenters. The number of carbonyl (C=O) groups is 2. The number of carbonyl (C=O) groups excluding carboxylic acids is 2. The summed E-state index contributed by atoms with van der Waals surface area (Å²) in [5.41, 5.74) is 0. The minimum absolute atomic E-state index is 0.0744. The zero-order chi connectivity index (χ0) is 52.4. The van der Waals surface area contributed by atoms with Crippen LogP contribution >= 0.6 is 0 Å². The molecule has 0 aromatic rings. The number of aliphatic hydroxyl groups excluding tert-OH is 7.